The summed E-state index contributed by atoms with van der Waals surface area (Å²) in [6.07, 6.45) is 5.88. The Labute approximate surface area is 170 Å². The normalized spacial score (nSPS) is 16.8. The molecule has 4 rings (SSSR count). The molecule has 1 atom stereocenters. The van der Waals surface area contributed by atoms with E-state index >= 15 is 0 Å². The van der Waals surface area contributed by atoms with Gasteiger partial charge in [-0.05, 0) is 37.0 Å². The Kier molecular flexibility index (Phi) is 5.84. The number of likely N-dealkylation sites (tertiary alicyclic amines) is 1. The standard InChI is InChI=1S/C22H25N5O2/c1-27-15-18(11-13-21(27)28)24-19-12-10-17(14-23-19)22-25-20(26-29-22)9-5-8-16-6-3-2-4-7-16/h2-4,6-7,10,12,14,18H,5,8-9,11,13,15H2,1H3,(H,23,24)/t18-/m1/s1. The summed E-state index contributed by atoms with van der Waals surface area (Å²) in [5.41, 5.74) is 2.12. The summed E-state index contributed by atoms with van der Waals surface area (Å²) in [7, 11) is 1.83. The van der Waals surface area contributed by atoms with E-state index in [1.54, 1.807) is 11.1 Å². The molecule has 1 N–H and O–H groups in total. The van der Waals surface area contributed by atoms with Crippen LogP contribution in [0.2, 0.25) is 0 Å². The zero-order valence-electron chi connectivity index (χ0n) is 16.5. The van der Waals surface area contributed by atoms with Crippen LogP contribution in [0.5, 0.6) is 0 Å². The van der Waals surface area contributed by atoms with Crippen molar-refractivity contribution in [1.82, 2.24) is 20.0 Å². The van der Waals surface area contributed by atoms with Crippen molar-refractivity contribution in [1.29, 1.82) is 0 Å². The molecule has 150 valence electrons. The second kappa shape index (κ2) is 8.86. The van der Waals surface area contributed by atoms with Gasteiger partial charge in [-0.1, -0.05) is 35.5 Å². The molecule has 1 aromatic carbocycles. The maximum absolute atomic E-state index is 11.6. The van der Waals surface area contributed by atoms with Crippen LogP contribution in [0.15, 0.2) is 53.2 Å². The molecule has 0 saturated carbocycles. The van der Waals surface area contributed by atoms with Gasteiger partial charge in [-0.2, -0.15) is 4.98 Å². The molecule has 0 aliphatic carbocycles. The quantitative estimate of drug-likeness (QED) is 0.665. The number of benzene rings is 1. The minimum Gasteiger partial charge on any atom is -0.366 e. The molecule has 3 aromatic rings. The Bertz CT molecular complexity index is 939. The third-order valence-electron chi connectivity index (χ3n) is 5.17. The molecule has 0 bridgehead atoms. The highest BCUT2D eigenvalue weighted by Gasteiger charge is 2.22. The van der Waals surface area contributed by atoms with Crippen LogP contribution in [0.1, 0.15) is 30.7 Å². The molecule has 1 amide bonds. The van der Waals surface area contributed by atoms with Crippen LogP contribution in [0.25, 0.3) is 11.5 Å². The van der Waals surface area contributed by atoms with E-state index in [0.717, 1.165) is 37.1 Å². The van der Waals surface area contributed by atoms with Crippen molar-refractivity contribution in [3.05, 3.63) is 60.0 Å². The van der Waals surface area contributed by atoms with Gasteiger partial charge in [0, 0.05) is 38.7 Å². The summed E-state index contributed by atoms with van der Waals surface area (Å²) in [5, 5.41) is 7.48. The van der Waals surface area contributed by atoms with Crippen molar-refractivity contribution in [2.75, 3.05) is 18.9 Å². The lowest BCUT2D eigenvalue weighted by Crippen LogP contribution is -2.43. The molecule has 1 saturated heterocycles. The van der Waals surface area contributed by atoms with Crippen LogP contribution in [-0.2, 0) is 17.6 Å². The van der Waals surface area contributed by atoms with Crippen LogP contribution in [0, 0.1) is 0 Å². The van der Waals surface area contributed by atoms with Crippen molar-refractivity contribution in [3.8, 4) is 11.5 Å². The van der Waals surface area contributed by atoms with Crippen molar-refractivity contribution in [2.24, 2.45) is 0 Å². The first-order valence-electron chi connectivity index (χ1n) is 10.0. The van der Waals surface area contributed by atoms with Crippen molar-refractivity contribution >= 4 is 11.7 Å². The number of nitrogens with one attached hydrogen (secondary N) is 1. The zero-order valence-corrected chi connectivity index (χ0v) is 16.5. The fraction of sp³-hybridized carbons (Fsp3) is 0.364. The molecule has 7 nitrogen and oxygen atoms in total. The van der Waals surface area contributed by atoms with Gasteiger partial charge in [0.15, 0.2) is 5.82 Å². The van der Waals surface area contributed by atoms with E-state index in [1.807, 2.05) is 25.2 Å². The average molecular weight is 391 g/mol. The average Bonchev–Trinajstić information content (AvgIpc) is 3.21. The summed E-state index contributed by atoms with van der Waals surface area (Å²) < 4.78 is 5.40. The first-order valence-corrected chi connectivity index (χ1v) is 10.0. The van der Waals surface area contributed by atoms with Gasteiger partial charge in [0.05, 0.1) is 5.56 Å². The van der Waals surface area contributed by atoms with E-state index < -0.39 is 0 Å². The Balaban J connectivity index is 1.30. The number of likely N-dealkylation sites (N-methyl/N-ethyl adjacent to an activating group) is 1. The number of hydrogen-bond donors (Lipinski definition) is 1. The number of hydrogen-bond acceptors (Lipinski definition) is 6. The molecule has 1 aliphatic rings. The highest BCUT2D eigenvalue weighted by Crippen LogP contribution is 2.20. The van der Waals surface area contributed by atoms with E-state index in [1.165, 1.54) is 5.56 Å². The number of piperidine rings is 1. The number of amides is 1. The van der Waals surface area contributed by atoms with E-state index in [0.29, 0.717) is 24.7 Å². The predicted octanol–water partition coefficient (Wildman–Crippen LogP) is 3.34. The number of aryl methyl sites for hydroxylation is 2. The lowest BCUT2D eigenvalue weighted by molar-refractivity contribution is -0.132. The smallest absolute Gasteiger partial charge is 0.259 e. The summed E-state index contributed by atoms with van der Waals surface area (Å²) in [4.78, 5) is 22.3. The summed E-state index contributed by atoms with van der Waals surface area (Å²) >= 11 is 0. The monoisotopic (exact) mass is 391 g/mol. The molecular weight excluding hydrogens is 366 g/mol. The second-order valence-corrected chi connectivity index (χ2v) is 7.44. The molecule has 0 radical (unpaired) electrons. The van der Waals surface area contributed by atoms with Crippen LogP contribution in [-0.4, -0.2) is 45.6 Å². The molecule has 1 aliphatic heterocycles. The molecule has 7 heteroatoms. The van der Waals surface area contributed by atoms with Gasteiger partial charge < -0.3 is 14.7 Å². The highest BCUT2D eigenvalue weighted by molar-refractivity contribution is 5.77. The lowest BCUT2D eigenvalue weighted by atomic mass is 10.1. The Morgan fingerprint density at radius 2 is 2.03 bits per heavy atom. The second-order valence-electron chi connectivity index (χ2n) is 7.44. The topological polar surface area (TPSA) is 84.2 Å². The third kappa shape index (κ3) is 4.99. The Morgan fingerprint density at radius 1 is 1.17 bits per heavy atom. The zero-order chi connectivity index (χ0) is 20.1. The molecule has 0 unspecified atom stereocenters. The van der Waals surface area contributed by atoms with Gasteiger partial charge in [0.2, 0.25) is 5.91 Å². The van der Waals surface area contributed by atoms with Gasteiger partial charge >= 0.3 is 0 Å². The summed E-state index contributed by atoms with van der Waals surface area (Å²) in [5.74, 6) is 2.18. The molecule has 1 fully saturated rings. The number of carbonyl (C=O) groups excluding carboxylic acids is 1. The first-order chi connectivity index (χ1) is 14.2. The molecular formula is C22H25N5O2. The van der Waals surface area contributed by atoms with E-state index in [9.17, 15) is 4.79 Å². The van der Waals surface area contributed by atoms with Crippen LogP contribution in [0.3, 0.4) is 0 Å². The fourth-order valence-corrected chi connectivity index (χ4v) is 3.51. The van der Waals surface area contributed by atoms with Gasteiger partial charge in [-0.25, -0.2) is 4.98 Å². The summed E-state index contributed by atoms with van der Waals surface area (Å²) in [6, 6.07) is 14.4. The largest absolute Gasteiger partial charge is 0.366 e. The minimum absolute atomic E-state index is 0.197. The molecule has 3 heterocycles. The van der Waals surface area contributed by atoms with E-state index in [2.05, 4.69) is 44.7 Å². The number of carbonyl (C=O) groups is 1. The van der Waals surface area contributed by atoms with Crippen LogP contribution >= 0.6 is 0 Å². The van der Waals surface area contributed by atoms with Gasteiger partial charge in [-0.15, -0.1) is 0 Å². The summed E-state index contributed by atoms with van der Waals surface area (Å²) in [6.45, 7) is 0.693. The Hall–Kier alpha value is -3.22. The van der Waals surface area contributed by atoms with Crippen molar-refractivity contribution in [2.45, 2.75) is 38.1 Å². The van der Waals surface area contributed by atoms with Gasteiger partial charge in [0.1, 0.15) is 5.82 Å². The number of rotatable bonds is 7. The van der Waals surface area contributed by atoms with Crippen molar-refractivity contribution < 1.29 is 9.32 Å². The number of aromatic nitrogens is 3. The van der Waals surface area contributed by atoms with Crippen LogP contribution < -0.4 is 5.32 Å². The first kappa shape index (κ1) is 19.1. The molecule has 2 aromatic heterocycles. The maximum Gasteiger partial charge on any atom is 0.259 e. The Morgan fingerprint density at radius 3 is 2.79 bits per heavy atom. The highest BCUT2D eigenvalue weighted by atomic mass is 16.5. The molecule has 0 spiro atoms. The number of pyridine rings is 1. The maximum atomic E-state index is 11.6. The SMILES string of the molecule is CN1C[C@H](Nc2ccc(-c3nc(CCCc4ccccc4)no3)cn2)CCC1=O. The lowest BCUT2D eigenvalue weighted by Gasteiger charge is -2.30. The fourth-order valence-electron chi connectivity index (χ4n) is 3.51. The minimum atomic E-state index is 0.197. The van der Waals surface area contributed by atoms with E-state index in [4.69, 9.17) is 4.52 Å². The predicted molar refractivity (Wildman–Crippen MR) is 110 cm³/mol. The van der Waals surface area contributed by atoms with Gasteiger partial charge in [-0.3, -0.25) is 4.79 Å². The van der Waals surface area contributed by atoms with Crippen molar-refractivity contribution in [3.63, 3.8) is 0 Å². The van der Waals surface area contributed by atoms with Gasteiger partial charge in [0.25, 0.3) is 5.89 Å². The van der Waals surface area contributed by atoms with Crippen LogP contribution in [0.4, 0.5) is 5.82 Å². The van der Waals surface area contributed by atoms with E-state index in [-0.39, 0.29) is 11.9 Å². The molecule has 29 heavy (non-hydrogen) atoms. The third-order valence-corrected chi connectivity index (χ3v) is 5.17. The number of nitrogens with zero attached hydrogens (tertiary/aromatic N) is 4. The number of anilines is 1.